The van der Waals surface area contributed by atoms with E-state index < -0.39 is 0 Å². The van der Waals surface area contributed by atoms with Crippen molar-refractivity contribution in [3.05, 3.63) is 59.8 Å². The van der Waals surface area contributed by atoms with Crippen molar-refractivity contribution in [2.24, 2.45) is 7.05 Å². The molecule has 3 rings (SSSR count). The Hall–Kier alpha value is -2.80. The minimum Gasteiger partial charge on any atom is -0.384 e. The monoisotopic (exact) mass is 276 g/mol. The highest BCUT2D eigenvalue weighted by Crippen LogP contribution is 2.22. The fourth-order valence-corrected chi connectivity index (χ4v) is 2.42. The van der Waals surface area contributed by atoms with E-state index in [2.05, 4.69) is 28.6 Å². The van der Waals surface area contributed by atoms with E-state index in [4.69, 9.17) is 5.26 Å². The van der Waals surface area contributed by atoms with Gasteiger partial charge in [-0.15, -0.1) is 0 Å². The van der Waals surface area contributed by atoms with Crippen molar-refractivity contribution >= 4 is 16.6 Å². The molecule has 0 bridgehead atoms. The maximum absolute atomic E-state index is 8.79. The summed E-state index contributed by atoms with van der Waals surface area (Å²) in [5, 5.41) is 17.7. The molecule has 1 heterocycles. The van der Waals surface area contributed by atoms with Crippen molar-refractivity contribution in [1.29, 1.82) is 5.26 Å². The number of nitrogens with zero attached hydrogens (tertiary/aromatic N) is 3. The van der Waals surface area contributed by atoms with Crippen LogP contribution < -0.4 is 5.32 Å². The molecule has 0 fully saturated rings. The van der Waals surface area contributed by atoms with Crippen molar-refractivity contribution in [2.45, 2.75) is 6.42 Å². The van der Waals surface area contributed by atoms with E-state index in [0.717, 1.165) is 29.6 Å². The first kappa shape index (κ1) is 13.2. The Kier molecular flexibility index (Phi) is 3.57. The summed E-state index contributed by atoms with van der Waals surface area (Å²) in [5.74, 6) is 0. The first-order valence-corrected chi connectivity index (χ1v) is 6.91. The summed E-state index contributed by atoms with van der Waals surface area (Å²) in [5.41, 5.74) is 4.15. The molecule has 1 aromatic heterocycles. The Labute approximate surface area is 123 Å². The Morgan fingerprint density at radius 1 is 1.19 bits per heavy atom. The summed E-state index contributed by atoms with van der Waals surface area (Å²) < 4.78 is 1.88. The van der Waals surface area contributed by atoms with Gasteiger partial charge in [0.25, 0.3) is 0 Å². The second kappa shape index (κ2) is 5.68. The minimum atomic E-state index is 0.701. The van der Waals surface area contributed by atoms with Gasteiger partial charge in [0.15, 0.2) is 0 Å². The van der Waals surface area contributed by atoms with Crippen molar-refractivity contribution in [3.63, 3.8) is 0 Å². The molecule has 1 N–H and O–H groups in total. The number of hydrogen-bond donors (Lipinski definition) is 1. The quantitative estimate of drug-likeness (QED) is 0.796. The van der Waals surface area contributed by atoms with Gasteiger partial charge in [0.2, 0.25) is 0 Å². The third-order valence-electron chi connectivity index (χ3n) is 3.60. The molecule has 0 aliphatic rings. The normalized spacial score (nSPS) is 10.5. The molecule has 0 saturated heterocycles. The molecule has 0 aliphatic carbocycles. The predicted octanol–water partition coefficient (Wildman–Crippen LogP) is 3.10. The number of aromatic nitrogens is 2. The van der Waals surface area contributed by atoms with Gasteiger partial charge < -0.3 is 5.32 Å². The highest BCUT2D eigenvalue weighted by atomic mass is 15.2. The van der Waals surface area contributed by atoms with E-state index in [9.17, 15) is 0 Å². The number of nitrogens with one attached hydrogen (secondary N) is 1. The van der Waals surface area contributed by atoms with E-state index in [1.165, 1.54) is 5.56 Å². The summed E-state index contributed by atoms with van der Waals surface area (Å²) in [7, 11) is 1.95. The molecule has 0 atom stereocenters. The number of anilines is 1. The highest BCUT2D eigenvalue weighted by molar-refractivity contribution is 5.91. The van der Waals surface area contributed by atoms with E-state index in [1.54, 1.807) is 0 Å². The van der Waals surface area contributed by atoms with E-state index in [1.807, 2.05) is 48.3 Å². The fraction of sp³-hybridized carbons (Fsp3) is 0.176. The van der Waals surface area contributed by atoms with Gasteiger partial charge in [-0.1, -0.05) is 18.2 Å². The van der Waals surface area contributed by atoms with Crippen LogP contribution in [0.5, 0.6) is 0 Å². The Balaban J connectivity index is 1.68. The van der Waals surface area contributed by atoms with Gasteiger partial charge in [0.1, 0.15) is 0 Å². The maximum Gasteiger partial charge on any atom is 0.0991 e. The molecule has 0 unspecified atom stereocenters. The van der Waals surface area contributed by atoms with Gasteiger partial charge in [-0.3, -0.25) is 4.68 Å². The van der Waals surface area contributed by atoms with Crippen LogP contribution in [0, 0.1) is 11.3 Å². The van der Waals surface area contributed by atoms with Crippen LogP contribution in [0.3, 0.4) is 0 Å². The second-order valence-electron chi connectivity index (χ2n) is 4.99. The van der Waals surface area contributed by atoms with Crippen LogP contribution in [0.2, 0.25) is 0 Å². The molecule has 0 spiro atoms. The van der Waals surface area contributed by atoms with Crippen LogP contribution in [0.15, 0.2) is 48.7 Å². The lowest BCUT2D eigenvalue weighted by atomic mass is 10.1. The summed E-state index contributed by atoms with van der Waals surface area (Å²) in [6, 6.07) is 16.0. The van der Waals surface area contributed by atoms with Crippen LogP contribution in [-0.2, 0) is 13.5 Å². The zero-order chi connectivity index (χ0) is 14.7. The number of fused-ring (bicyclic) bond motifs is 1. The zero-order valence-corrected chi connectivity index (χ0v) is 11.9. The summed E-state index contributed by atoms with van der Waals surface area (Å²) in [4.78, 5) is 0. The van der Waals surface area contributed by atoms with Crippen molar-refractivity contribution in [1.82, 2.24) is 9.78 Å². The van der Waals surface area contributed by atoms with Crippen LogP contribution >= 0.6 is 0 Å². The molecule has 3 aromatic rings. The largest absolute Gasteiger partial charge is 0.384 e. The van der Waals surface area contributed by atoms with Gasteiger partial charge in [-0.25, -0.2) is 0 Å². The van der Waals surface area contributed by atoms with Crippen molar-refractivity contribution in [3.8, 4) is 6.07 Å². The van der Waals surface area contributed by atoms with Gasteiger partial charge >= 0.3 is 0 Å². The molecular weight excluding hydrogens is 260 g/mol. The van der Waals surface area contributed by atoms with Crippen molar-refractivity contribution in [2.75, 3.05) is 11.9 Å². The summed E-state index contributed by atoms with van der Waals surface area (Å²) in [6.45, 7) is 0.847. The van der Waals surface area contributed by atoms with Gasteiger partial charge in [-0.05, 0) is 36.2 Å². The smallest absolute Gasteiger partial charge is 0.0991 e. The van der Waals surface area contributed by atoms with E-state index in [-0.39, 0.29) is 0 Å². The number of hydrogen-bond acceptors (Lipinski definition) is 3. The van der Waals surface area contributed by atoms with Crippen LogP contribution in [0.1, 0.15) is 11.1 Å². The third-order valence-corrected chi connectivity index (χ3v) is 3.60. The lowest BCUT2D eigenvalue weighted by molar-refractivity contribution is 0.797. The van der Waals surface area contributed by atoms with Crippen LogP contribution in [0.4, 0.5) is 5.69 Å². The average molecular weight is 276 g/mol. The predicted molar refractivity (Wildman–Crippen MR) is 84.1 cm³/mol. The maximum atomic E-state index is 8.79. The second-order valence-corrected chi connectivity index (χ2v) is 4.99. The first-order chi connectivity index (χ1) is 10.3. The summed E-state index contributed by atoms with van der Waals surface area (Å²) >= 11 is 0. The lowest BCUT2D eigenvalue weighted by Gasteiger charge is -2.08. The molecule has 4 heteroatoms. The SMILES string of the molecule is Cn1ncc2c(NCCc3ccc(C#N)cc3)cccc21. The Morgan fingerprint density at radius 2 is 2.00 bits per heavy atom. The highest BCUT2D eigenvalue weighted by Gasteiger charge is 2.04. The molecular formula is C17H16N4. The molecule has 0 amide bonds. The Bertz CT molecular complexity index is 794. The summed E-state index contributed by atoms with van der Waals surface area (Å²) in [6.07, 6.45) is 2.81. The molecule has 4 nitrogen and oxygen atoms in total. The molecule has 0 aliphatic heterocycles. The first-order valence-electron chi connectivity index (χ1n) is 6.91. The van der Waals surface area contributed by atoms with E-state index >= 15 is 0 Å². The molecule has 0 saturated carbocycles. The molecule has 104 valence electrons. The minimum absolute atomic E-state index is 0.701. The number of nitriles is 1. The van der Waals surface area contributed by atoms with E-state index in [0.29, 0.717) is 5.56 Å². The van der Waals surface area contributed by atoms with Crippen LogP contribution in [0.25, 0.3) is 10.9 Å². The average Bonchev–Trinajstić information content (AvgIpc) is 2.91. The fourth-order valence-electron chi connectivity index (χ4n) is 2.42. The number of aryl methyl sites for hydroxylation is 1. The molecule has 0 radical (unpaired) electrons. The molecule has 2 aromatic carbocycles. The topological polar surface area (TPSA) is 53.6 Å². The van der Waals surface area contributed by atoms with Gasteiger partial charge in [0.05, 0.1) is 23.3 Å². The number of rotatable bonds is 4. The van der Waals surface area contributed by atoms with Gasteiger partial charge in [-0.2, -0.15) is 10.4 Å². The lowest BCUT2D eigenvalue weighted by Crippen LogP contribution is -2.05. The zero-order valence-electron chi connectivity index (χ0n) is 11.9. The Morgan fingerprint density at radius 3 is 2.76 bits per heavy atom. The number of benzene rings is 2. The van der Waals surface area contributed by atoms with Crippen molar-refractivity contribution < 1.29 is 0 Å². The molecule has 21 heavy (non-hydrogen) atoms. The van der Waals surface area contributed by atoms with Crippen LogP contribution in [-0.4, -0.2) is 16.3 Å². The third kappa shape index (κ3) is 2.72. The van der Waals surface area contributed by atoms with Gasteiger partial charge in [0, 0.05) is 24.7 Å². The standard InChI is InChI=1S/C17H16N4/c1-21-17-4-2-3-16(15(17)12-20-21)19-10-9-13-5-7-14(11-18)8-6-13/h2-8,12,19H,9-10H2,1H3.